The van der Waals surface area contributed by atoms with Gasteiger partial charge in [-0.15, -0.1) is 0 Å². The van der Waals surface area contributed by atoms with Crippen molar-refractivity contribution < 1.29 is 17.6 Å². The summed E-state index contributed by atoms with van der Waals surface area (Å²) in [6.07, 6.45) is 0.527. The lowest BCUT2D eigenvalue weighted by molar-refractivity contribution is -0.111. The van der Waals surface area contributed by atoms with Crippen LogP contribution in [0.15, 0.2) is 51.8 Å². The van der Waals surface area contributed by atoms with Crippen LogP contribution in [0, 0.1) is 0 Å². The highest BCUT2D eigenvalue weighted by Crippen LogP contribution is 2.30. The molecule has 1 aromatic heterocycles. The minimum Gasteiger partial charge on any atom is -0.456 e. The first-order valence-corrected chi connectivity index (χ1v) is 9.62. The van der Waals surface area contributed by atoms with E-state index < -0.39 is 16.1 Å². The number of hydrogen-bond donors (Lipinski definition) is 1. The molecule has 0 amide bonds. The van der Waals surface area contributed by atoms with E-state index in [4.69, 9.17) is 4.42 Å². The lowest BCUT2D eigenvalue weighted by Crippen LogP contribution is -2.37. The van der Waals surface area contributed by atoms with Gasteiger partial charge in [-0.3, -0.25) is 4.79 Å². The van der Waals surface area contributed by atoms with Gasteiger partial charge in [0.2, 0.25) is 15.1 Å². The van der Waals surface area contributed by atoms with Crippen LogP contribution in [0.25, 0.3) is 21.9 Å². The molecule has 118 valence electrons. The van der Waals surface area contributed by atoms with Crippen molar-refractivity contribution >= 4 is 48.8 Å². The van der Waals surface area contributed by atoms with Gasteiger partial charge in [0.15, 0.2) is 0 Å². The molecule has 1 N–H and O–H groups in total. The number of benzene rings is 2. The molecular formula is C16H13NO4S2. The van der Waals surface area contributed by atoms with E-state index >= 15 is 0 Å². The quantitative estimate of drug-likeness (QED) is 0.788. The average molecular weight is 347 g/mol. The molecule has 3 aromatic rings. The van der Waals surface area contributed by atoms with Crippen molar-refractivity contribution in [1.82, 2.24) is 4.72 Å². The molecule has 0 bridgehead atoms. The second-order valence-electron chi connectivity index (χ2n) is 5.39. The summed E-state index contributed by atoms with van der Waals surface area (Å²) in [5, 5.41) is 1.49. The van der Waals surface area contributed by atoms with Gasteiger partial charge in [0.25, 0.3) is 0 Å². The summed E-state index contributed by atoms with van der Waals surface area (Å²) < 4.78 is 33.3. The highest BCUT2D eigenvalue weighted by molar-refractivity contribution is 8.14. The lowest BCUT2D eigenvalue weighted by Gasteiger charge is -2.10. The molecule has 1 saturated heterocycles. The fourth-order valence-corrected chi connectivity index (χ4v) is 4.99. The van der Waals surface area contributed by atoms with Gasteiger partial charge >= 0.3 is 0 Å². The SMILES string of the molecule is O=C1SCC[C@H]1NS(=O)(=O)c1ccc2oc3ccccc3c2c1. The minimum atomic E-state index is -3.74. The highest BCUT2D eigenvalue weighted by Gasteiger charge is 2.30. The normalized spacial score (nSPS) is 19.0. The molecule has 23 heavy (non-hydrogen) atoms. The monoisotopic (exact) mass is 347 g/mol. The maximum absolute atomic E-state index is 12.5. The Labute approximate surface area is 137 Å². The van der Waals surface area contributed by atoms with Crippen molar-refractivity contribution in [2.45, 2.75) is 17.4 Å². The van der Waals surface area contributed by atoms with Crippen LogP contribution in [0.4, 0.5) is 0 Å². The van der Waals surface area contributed by atoms with Gasteiger partial charge in [-0.25, -0.2) is 8.42 Å². The molecule has 2 heterocycles. The Hall–Kier alpha value is -1.83. The number of carbonyl (C=O) groups excluding carboxylic acids is 1. The van der Waals surface area contributed by atoms with Crippen LogP contribution < -0.4 is 4.72 Å². The minimum absolute atomic E-state index is 0.122. The molecule has 0 unspecified atom stereocenters. The molecule has 0 radical (unpaired) electrons. The molecule has 7 heteroatoms. The number of furan rings is 1. The Morgan fingerprint density at radius 2 is 1.87 bits per heavy atom. The van der Waals surface area contributed by atoms with Crippen molar-refractivity contribution in [2.75, 3.05) is 5.75 Å². The first kappa shape index (κ1) is 14.7. The molecule has 1 fully saturated rings. The van der Waals surface area contributed by atoms with Crippen molar-refractivity contribution in [2.24, 2.45) is 0 Å². The van der Waals surface area contributed by atoms with Crippen LogP contribution in [0.3, 0.4) is 0 Å². The first-order valence-electron chi connectivity index (χ1n) is 7.15. The summed E-state index contributed by atoms with van der Waals surface area (Å²) in [7, 11) is -3.74. The molecule has 0 spiro atoms. The Morgan fingerprint density at radius 1 is 1.09 bits per heavy atom. The van der Waals surface area contributed by atoms with E-state index in [1.165, 1.54) is 17.8 Å². The second-order valence-corrected chi connectivity index (χ2v) is 8.20. The van der Waals surface area contributed by atoms with Crippen molar-refractivity contribution in [3.05, 3.63) is 42.5 Å². The van der Waals surface area contributed by atoms with Gasteiger partial charge < -0.3 is 4.42 Å². The largest absolute Gasteiger partial charge is 0.456 e. The smallest absolute Gasteiger partial charge is 0.241 e. The number of nitrogens with one attached hydrogen (secondary N) is 1. The van der Waals surface area contributed by atoms with E-state index in [1.54, 1.807) is 12.1 Å². The number of fused-ring (bicyclic) bond motifs is 3. The third-order valence-electron chi connectivity index (χ3n) is 3.89. The number of para-hydroxylation sites is 1. The molecule has 1 atom stereocenters. The maximum Gasteiger partial charge on any atom is 0.241 e. The number of rotatable bonds is 3. The lowest BCUT2D eigenvalue weighted by atomic mass is 10.1. The number of sulfonamides is 1. The molecule has 2 aromatic carbocycles. The van der Waals surface area contributed by atoms with Crippen molar-refractivity contribution in [1.29, 1.82) is 0 Å². The predicted octanol–water partition coefficient (Wildman–Crippen LogP) is 2.90. The fourth-order valence-electron chi connectivity index (χ4n) is 2.73. The second kappa shape index (κ2) is 5.36. The van der Waals surface area contributed by atoms with Gasteiger partial charge in [-0.2, -0.15) is 4.72 Å². The van der Waals surface area contributed by atoms with Crippen LogP contribution in [-0.2, 0) is 14.8 Å². The Balaban J connectivity index is 1.78. The van der Waals surface area contributed by atoms with E-state index in [0.29, 0.717) is 23.3 Å². The third-order valence-corrected chi connectivity index (χ3v) is 6.37. The van der Waals surface area contributed by atoms with Crippen LogP contribution in [-0.4, -0.2) is 25.3 Å². The Morgan fingerprint density at radius 3 is 2.65 bits per heavy atom. The summed E-state index contributed by atoms with van der Waals surface area (Å²) in [4.78, 5) is 11.8. The fraction of sp³-hybridized carbons (Fsp3) is 0.188. The zero-order chi connectivity index (χ0) is 16.0. The Kier molecular flexibility index (Phi) is 3.44. The van der Waals surface area contributed by atoms with Gasteiger partial charge in [-0.05, 0) is 30.7 Å². The molecule has 5 nitrogen and oxygen atoms in total. The number of thioether (sulfide) groups is 1. The molecule has 1 aliphatic heterocycles. The maximum atomic E-state index is 12.5. The number of carbonyl (C=O) groups is 1. The van der Waals surface area contributed by atoms with Gasteiger partial charge in [0.1, 0.15) is 11.2 Å². The van der Waals surface area contributed by atoms with E-state index in [2.05, 4.69) is 4.72 Å². The van der Waals surface area contributed by atoms with E-state index in [-0.39, 0.29) is 10.0 Å². The van der Waals surface area contributed by atoms with Gasteiger partial charge in [0.05, 0.1) is 10.9 Å². The zero-order valence-corrected chi connectivity index (χ0v) is 13.6. The summed E-state index contributed by atoms with van der Waals surface area (Å²) >= 11 is 1.17. The van der Waals surface area contributed by atoms with Crippen molar-refractivity contribution in [3.8, 4) is 0 Å². The summed E-state index contributed by atoms with van der Waals surface area (Å²) in [5.74, 6) is 0.650. The molecule has 1 aliphatic rings. The molecule has 4 rings (SSSR count). The molecule has 0 aliphatic carbocycles. The predicted molar refractivity (Wildman–Crippen MR) is 89.9 cm³/mol. The zero-order valence-electron chi connectivity index (χ0n) is 12.0. The summed E-state index contributed by atoms with van der Waals surface area (Å²) in [5.41, 5.74) is 1.35. The van der Waals surface area contributed by atoms with E-state index in [1.807, 2.05) is 24.3 Å². The topological polar surface area (TPSA) is 76.4 Å². The molecular weight excluding hydrogens is 334 g/mol. The Bertz CT molecular complexity index is 1020. The average Bonchev–Trinajstić information content (AvgIpc) is 3.10. The van der Waals surface area contributed by atoms with Gasteiger partial charge in [-0.1, -0.05) is 30.0 Å². The molecule has 0 saturated carbocycles. The standard InChI is InChI=1S/C16H13NO4S2/c18-16-13(7-8-22-16)17-23(19,20)10-5-6-15-12(9-10)11-3-1-2-4-14(11)21-15/h1-6,9,13,17H,7-8H2/t13-/m1/s1. The van der Waals surface area contributed by atoms with Crippen LogP contribution in [0.2, 0.25) is 0 Å². The third kappa shape index (κ3) is 2.54. The first-order chi connectivity index (χ1) is 11.0. The van der Waals surface area contributed by atoms with E-state index in [0.717, 1.165) is 10.8 Å². The highest BCUT2D eigenvalue weighted by atomic mass is 32.2. The van der Waals surface area contributed by atoms with Crippen LogP contribution in [0.5, 0.6) is 0 Å². The van der Waals surface area contributed by atoms with Crippen LogP contribution >= 0.6 is 11.8 Å². The van der Waals surface area contributed by atoms with Crippen LogP contribution in [0.1, 0.15) is 6.42 Å². The summed E-state index contributed by atoms with van der Waals surface area (Å²) in [6.45, 7) is 0. The summed E-state index contributed by atoms with van der Waals surface area (Å²) in [6, 6.07) is 11.6. The van der Waals surface area contributed by atoms with E-state index in [9.17, 15) is 13.2 Å². The number of hydrogen-bond acceptors (Lipinski definition) is 5. The van der Waals surface area contributed by atoms with Crippen molar-refractivity contribution in [3.63, 3.8) is 0 Å². The van der Waals surface area contributed by atoms with Gasteiger partial charge in [0, 0.05) is 16.5 Å².